The Morgan fingerprint density at radius 1 is 1.19 bits per heavy atom. The van der Waals surface area contributed by atoms with Crippen LogP contribution in [-0.2, 0) is 15.8 Å². The highest BCUT2D eigenvalue weighted by atomic mass is 35.5. The number of rotatable bonds is 5. The third-order valence-corrected chi connectivity index (χ3v) is 7.06. The lowest BCUT2D eigenvalue weighted by Crippen LogP contribution is -2.22. The smallest absolute Gasteiger partial charge is 0.328 e. The van der Waals surface area contributed by atoms with Crippen LogP contribution in [0.5, 0.6) is 0 Å². The minimum absolute atomic E-state index is 0.183. The highest BCUT2D eigenvalue weighted by Crippen LogP contribution is 2.29. The molecule has 0 aliphatic carbocycles. The zero-order valence-electron chi connectivity index (χ0n) is 14.5. The Labute approximate surface area is 165 Å². The zero-order chi connectivity index (χ0) is 19.2. The number of nitrogens with zero attached hydrogens (tertiary/aromatic N) is 4. The predicted molar refractivity (Wildman–Crippen MR) is 105 cm³/mol. The Morgan fingerprint density at radius 2 is 2.00 bits per heavy atom. The van der Waals surface area contributed by atoms with E-state index >= 15 is 0 Å². The van der Waals surface area contributed by atoms with E-state index < -0.39 is 10.0 Å². The van der Waals surface area contributed by atoms with Crippen molar-refractivity contribution < 1.29 is 12.8 Å². The van der Waals surface area contributed by atoms with E-state index in [-0.39, 0.29) is 4.90 Å². The fraction of sp³-hybridized carbons (Fsp3) is 0.176. The first-order valence-electron chi connectivity index (χ1n) is 7.94. The van der Waals surface area contributed by atoms with Crippen molar-refractivity contribution in [3.63, 3.8) is 0 Å². The third-order valence-electron chi connectivity index (χ3n) is 4.01. The number of oxazole rings is 1. The van der Waals surface area contributed by atoms with Crippen LogP contribution in [0.1, 0.15) is 5.56 Å². The van der Waals surface area contributed by atoms with Gasteiger partial charge in [0.05, 0.1) is 10.4 Å². The lowest BCUT2D eigenvalue weighted by Gasteiger charge is -2.10. The first-order valence-corrected chi connectivity index (χ1v) is 10.7. The summed E-state index contributed by atoms with van der Waals surface area (Å²) >= 11 is 7.50. The molecule has 0 saturated carbocycles. The minimum atomic E-state index is -3.55. The number of aromatic nitrogens is 3. The summed E-state index contributed by atoms with van der Waals surface area (Å²) in [5, 5.41) is 9.50. The van der Waals surface area contributed by atoms with E-state index in [1.807, 2.05) is 24.3 Å². The van der Waals surface area contributed by atoms with Crippen molar-refractivity contribution in [1.82, 2.24) is 18.9 Å². The van der Waals surface area contributed by atoms with Crippen molar-refractivity contribution in [3.05, 3.63) is 53.1 Å². The van der Waals surface area contributed by atoms with Crippen molar-refractivity contribution in [1.29, 1.82) is 0 Å². The van der Waals surface area contributed by atoms with Crippen LogP contribution in [0.15, 0.2) is 56.9 Å². The second-order valence-corrected chi connectivity index (χ2v) is 9.57. The maximum Gasteiger partial charge on any atom is 0.328 e. The monoisotopic (exact) mass is 422 g/mol. The molecule has 0 radical (unpaired) electrons. The number of hydrogen-bond acceptors (Lipinski definition) is 6. The Morgan fingerprint density at radius 3 is 2.74 bits per heavy atom. The molecule has 2 aromatic carbocycles. The first kappa shape index (κ1) is 18.3. The molecule has 0 atom stereocenters. The van der Waals surface area contributed by atoms with Gasteiger partial charge in [0.25, 0.3) is 0 Å². The van der Waals surface area contributed by atoms with Crippen molar-refractivity contribution >= 4 is 50.3 Å². The minimum Gasteiger partial charge on any atom is -0.422 e. The average molecular weight is 423 g/mol. The van der Waals surface area contributed by atoms with Gasteiger partial charge in [0.15, 0.2) is 10.7 Å². The summed E-state index contributed by atoms with van der Waals surface area (Å²) in [6.07, 6.45) is 0. The molecule has 0 fully saturated rings. The van der Waals surface area contributed by atoms with Gasteiger partial charge in [-0.15, -0.1) is 5.10 Å². The van der Waals surface area contributed by atoms with Gasteiger partial charge in [-0.1, -0.05) is 40.6 Å². The lowest BCUT2D eigenvalue weighted by atomic mass is 10.2. The molecule has 10 heteroatoms. The van der Waals surface area contributed by atoms with Gasteiger partial charge in [0.1, 0.15) is 0 Å². The van der Waals surface area contributed by atoms with Gasteiger partial charge < -0.3 is 4.42 Å². The van der Waals surface area contributed by atoms with Crippen LogP contribution in [0, 0.1) is 0 Å². The fourth-order valence-electron chi connectivity index (χ4n) is 2.62. The van der Waals surface area contributed by atoms with Gasteiger partial charge in [0.2, 0.25) is 10.0 Å². The molecule has 4 rings (SSSR count). The molecule has 27 heavy (non-hydrogen) atoms. The molecule has 140 valence electrons. The summed E-state index contributed by atoms with van der Waals surface area (Å²) in [6.45, 7) is 0. The predicted octanol–water partition coefficient (Wildman–Crippen LogP) is 3.67. The summed E-state index contributed by atoms with van der Waals surface area (Å²) in [5.41, 5.74) is 2.20. The maximum atomic E-state index is 12.4. The van der Waals surface area contributed by atoms with E-state index in [4.69, 9.17) is 16.0 Å². The van der Waals surface area contributed by atoms with Gasteiger partial charge >= 0.3 is 5.84 Å². The SMILES string of the molecule is CN(C)S(=O)(=O)c1ccc2oc3nnc(SCc4cccc(Cl)c4)n3c2c1. The highest BCUT2D eigenvalue weighted by molar-refractivity contribution is 7.98. The molecular formula is C17H15ClN4O3S2. The maximum absolute atomic E-state index is 12.4. The van der Waals surface area contributed by atoms with Crippen molar-refractivity contribution in [2.45, 2.75) is 15.8 Å². The molecule has 0 unspecified atom stereocenters. The molecule has 0 amide bonds. The lowest BCUT2D eigenvalue weighted by molar-refractivity contribution is 0.521. The summed E-state index contributed by atoms with van der Waals surface area (Å²) in [5.74, 6) is 0.960. The van der Waals surface area contributed by atoms with Gasteiger partial charge in [0, 0.05) is 24.9 Å². The number of benzene rings is 2. The average Bonchev–Trinajstić information content (AvgIpc) is 3.18. The van der Waals surface area contributed by atoms with E-state index in [1.165, 1.54) is 36.2 Å². The first-order chi connectivity index (χ1) is 12.9. The molecule has 0 aliphatic heterocycles. The topological polar surface area (TPSA) is 80.7 Å². The van der Waals surface area contributed by atoms with Crippen LogP contribution in [0.2, 0.25) is 5.02 Å². The number of thioether (sulfide) groups is 1. The van der Waals surface area contributed by atoms with E-state index in [0.29, 0.717) is 32.9 Å². The molecule has 0 aliphatic rings. The summed E-state index contributed by atoms with van der Waals surface area (Å²) in [4.78, 5) is 0.183. The van der Waals surface area contributed by atoms with Gasteiger partial charge in [-0.2, -0.15) is 0 Å². The molecular weight excluding hydrogens is 408 g/mol. The number of sulfonamides is 1. The summed E-state index contributed by atoms with van der Waals surface area (Å²) in [6, 6.07) is 12.3. The quantitative estimate of drug-likeness (QED) is 0.456. The molecule has 4 aromatic rings. The van der Waals surface area contributed by atoms with Crippen LogP contribution in [0.4, 0.5) is 0 Å². The molecule has 2 heterocycles. The van der Waals surface area contributed by atoms with Crippen molar-refractivity contribution in [2.24, 2.45) is 0 Å². The fourth-order valence-corrected chi connectivity index (χ4v) is 4.64. The highest BCUT2D eigenvalue weighted by Gasteiger charge is 2.21. The van der Waals surface area contributed by atoms with Crippen LogP contribution in [0.3, 0.4) is 0 Å². The molecule has 7 nitrogen and oxygen atoms in total. The van der Waals surface area contributed by atoms with E-state index in [0.717, 1.165) is 5.56 Å². The van der Waals surface area contributed by atoms with E-state index in [2.05, 4.69) is 10.2 Å². The molecule has 2 aromatic heterocycles. The Balaban J connectivity index is 1.76. The molecule has 0 saturated heterocycles. The summed E-state index contributed by atoms with van der Waals surface area (Å²) in [7, 11) is -0.564. The number of fused-ring (bicyclic) bond motifs is 3. The van der Waals surface area contributed by atoms with Crippen LogP contribution < -0.4 is 0 Å². The molecule has 0 N–H and O–H groups in total. The molecule has 0 bridgehead atoms. The Bertz CT molecular complexity index is 1250. The summed E-state index contributed by atoms with van der Waals surface area (Å²) < 4.78 is 33.4. The van der Waals surface area contributed by atoms with Gasteiger partial charge in [-0.25, -0.2) is 17.1 Å². The second kappa shape index (κ2) is 6.83. The van der Waals surface area contributed by atoms with E-state index in [1.54, 1.807) is 16.5 Å². The molecule has 0 spiro atoms. The Kier molecular flexibility index (Phi) is 4.63. The Hall–Kier alpha value is -2.07. The van der Waals surface area contributed by atoms with Crippen LogP contribution >= 0.6 is 23.4 Å². The van der Waals surface area contributed by atoms with Crippen molar-refractivity contribution in [3.8, 4) is 0 Å². The normalized spacial score (nSPS) is 12.4. The van der Waals surface area contributed by atoms with Gasteiger partial charge in [-0.3, -0.25) is 0 Å². The second-order valence-electron chi connectivity index (χ2n) is 6.04. The largest absolute Gasteiger partial charge is 0.422 e. The van der Waals surface area contributed by atoms with Crippen molar-refractivity contribution in [2.75, 3.05) is 14.1 Å². The van der Waals surface area contributed by atoms with Crippen LogP contribution in [-0.4, -0.2) is 41.4 Å². The number of hydrogen-bond donors (Lipinski definition) is 0. The zero-order valence-corrected chi connectivity index (χ0v) is 16.8. The van der Waals surface area contributed by atoms with Gasteiger partial charge in [-0.05, 0) is 35.9 Å². The third kappa shape index (κ3) is 3.31. The standard InChI is InChI=1S/C17H15ClN4O3S2/c1-21(2)27(23,24)13-6-7-15-14(9-13)22-16(25-15)19-20-17(22)26-10-11-4-3-5-12(18)8-11/h3-9H,10H2,1-2H3. The van der Waals surface area contributed by atoms with Crippen LogP contribution in [0.25, 0.3) is 16.9 Å². The number of halogens is 1. The van der Waals surface area contributed by atoms with E-state index in [9.17, 15) is 8.42 Å².